The molecule has 3 aliphatic rings. The maximum absolute atomic E-state index is 13.5. The fraction of sp³-hybridized carbons (Fsp3) is 0.429. The Hall–Kier alpha value is -2.31. The lowest BCUT2D eigenvalue weighted by Crippen LogP contribution is -2.51. The summed E-state index contributed by atoms with van der Waals surface area (Å²) < 4.78 is 25.1. The van der Waals surface area contributed by atoms with Gasteiger partial charge in [0.1, 0.15) is 19.0 Å². The van der Waals surface area contributed by atoms with Gasteiger partial charge in [0.15, 0.2) is 11.5 Å². The minimum Gasteiger partial charge on any atom is -0.486 e. The number of benzene rings is 2. The molecule has 0 saturated carbocycles. The topological polar surface area (TPSA) is 45.2 Å². The fourth-order valence-electron chi connectivity index (χ4n) is 4.51. The van der Waals surface area contributed by atoms with Gasteiger partial charge in [-0.05, 0) is 41.8 Å². The fourth-order valence-corrected chi connectivity index (χ4v) is 4.51. The van der Waals surface area contributed by atoms with E-state index >= 15 is 0 Å². The van der Waals surface area contributed by atoms with Crippen LogP contribution in [0.5, 0.6) is 11.5 Å². The molecule has 142 valence electrons. The van der Waals surface area contributed by atoms with Crippen molar-refractivity contribution in [3.05, 3.63) is 53.3 Å². The Morgan fingerprint density at radius 3 is 2.67 bits per heavy atom. The molecule has 1 aliphatic carbocycles. The van der Waals surface area contributed by atoms with Crippen LogP contribution in [0.1, 0.15) is 17.2 Å². The summed E-state index contributed by atoms with van der Waals surface area (Å²) in [6.07, 6.45) is 0.153. The number of anilines is 1. The molecule has 27 heavy (non-hydrogen) atoms. The van der Waals surface area contributed by atoms with Gasteiger partial charge in [0.2, 0.25) is 0 Å². The van der Waals surface area contributed by atoms with Crippen LogP contribution < -0.4 is 14.4 Å². The highest BCUT2D eigenvalue weighted by molar-refractivity contribution is 5.65. The van der Waals surface area contributed by atoms with Gasteiger partial charge in [-0.25, -0.2) is 4.39 Å². The smallest absolute Gasteiger partial charge is 0.184 e. The van der Waals surface area contributed by atoms with Crippen LogP contribution in [0.3, 0.4) is 0 Å². The summed E-state index contributed by atoms with van der Waals surface area (Å²) >= 11 is 0. The minimum absolute atomic E-state index is 0.0215. The van der Waals surface area contributed by atoms with Crippen LogP contribution in [0, 0.1) is 5.82 Å². The van der Waals surface area contributed by atoms with Crippen LogP contribution in [0.15, 0.2) is 36.4 Å². The van der Waals surface area contributed by atoms with Gasteiger partial charge in [-0.2, -0.15) is 0 Å². The van der Waals surface area contributed by atoms with Crippen molar-refractivity contribution in [2.75, 3.05) is 44.3 Å². The zero-order valence-corrected chi connectivity index (χ0v) is 15.1. The average Bonchev–Trinajstić information content (AvgIpc) is 3.03. The monoisotopic (exact) mass is 370 g/mol. The Balaban J connectivity index is 1.29. The molecular formula is C21H23FN2O3. The molecule has 0 radical (unpaired) electrons. The zero-order chi connectivity index (χ0) is 18.4. The number of fused-ring (bicyclic) bond motifs is 2. The number of aliphatic hydroxyl groups excluding tert-OH is 1. The second kappa shape index (κ2) is 6.69. The number of hydrogen-bond acceptors (Lipinski definition) is 5. The molecule has 2 aromatic rings. The molecule has 0 aromatic heterocycles. The van der Waals surface area contributed by atoms with Gasteiger partial charge < -0.3 is 19.5 Å². The van der Waals surface area contributed by atoms with E-state index in [0.717, 1.165) is 54.5 Å². The van der Waals surface area contributed by atoms with E-state index in [-0.39, 0.29) is 11.9 Å². The van der Waals surface area contributed by atoms with Gasteiger partial charge in [0, 0.05) is 32.2 Å². The van der Waals surface area contributed by atoms with E-state index in [1.54, 1.807) is 12.1 Å². The molecule has 5 rings (SSSR count). The van der Waals surface area contributed by atoms with Crippen molar-refractivity contribution in [1.82, 2.24) is 4.90 Å². The summed E-state index contributed by atoms with van der Waals surface area (Å²) in [6, 6.07) is 10.8. The van der Waals surface area contributed by atoms with Gasteiger partial charge in [-0.3, -0.25) is 4.90 Å². The van der Waals surface area contributed by atoms with Crippen molar-refractivity contribution >= 4 is 5.69 Å². The van der Waals surface area contributed by atoms with Crippen molar-refractivity contribution in [2.45, 2.75) is 18.6 Å². The Labute approximate surface area is 157 Å². The van der Waals surface area contributed by atoms with Crippen molar-refractivity contribution in [3.63, 3.8) is 0 Å². The summed E-state index contributed by atoms with van der Waals surface area (Å²) in [5, 5.41) is 10.7. The van der Waals surface area contributed by atoms with Crippen LogP contribution >= 0.6 is 0 Å². The molecule has 0 amide bonds. The molecule has 0 bridgehead atoms. The maximum Gasteiger partial charge on any atom is 0.184 e. The first kappa shape index (κ1) is 16.8. The predicted molar refractivity (Wildman–Crippen MR) is 100 cm³/mol. The molecule has 2 aliphatic heterocycles. The Kier molecular flexibility index (Phi) is 4.17. The van der Waals surface area contributed by atoms with Gasteiger partial charge in [-0.1, -0.05) is 12.1 Å². The van der Waals surface area contributed by atoms with E-state index in [1.165, 1.54) is 6.07 Å². The molecule has 1 saturated heterocycles. The highest BCUT2D eigenvalue weighted by Crippen LogP contribution is 2.40. The van der Waals surface area contributed by atoms with Gasteiger partial charge >= 0.3 is 0 Å². The summed E-state index contributed by atoms with van der Waals surface area (Å²) in [4.78, 5) is 4.64. The molecule has 0 spiro atoms. The Bertz CT molecular complexity index is 851. The lowest BCUT2D eigenvalue weighted by molar-refractivity contribution is 0.0571. The van der Waals surface area contributed by atoms with Gasteiger partial charge in [0.05, 0.1) is 11.8 Å². The van der Waals surface area contributed by atoms with Crippen LogP contribution in [-0.4, -0.2) is 55.4 Å². The molecular weight excluding hydrogens is 347 g/mol. The summed E-state index contributed by atoms with van der Waals surface area (Å²) in [7, 11) is 0. The molecule has 2 atom stereocenters. The van der Waals surface area contributed by atoms with E-state index in [0.29, 0.717) is 19.6 Å². The Morgan fingerprint density at radius 2 is 1.81 bits per heavy atom. The summed E-state index contributed by atoms with van der Waals surface area (Å²) in [6.45, 7) is 4.57. The lowest BCUT2D eigenvalue weighted by atomic mass is 10.1. The SMILES string of the molecule is O[C@@H]1c2ccc(F)cc2C[C@@H]1N1CCN(c2cccc3c2OCCO3)CC1. The zero-order valence-electron chi connectivity index (χ0n) is 15.1. The van der Waals surface area contributed by atoms with Crippen LogP contribution in [0.25, 0.3) is 0 Å². The van der Waals surface area contributed by atoms with Crippen molar-refractivity contribution < 1.29 is 19.0 Å². The molecule has 1 fully saturated rings. The highest BCUT2D eigenvalue weighted by Gasteiger charge is 2.37. The number of rotatable bonds is 2. The van der Waals surface area contributed by atoms with E-state index in [4.69, 9.17) is 9.47 Å². The van der Waals surface area contributed by atoms with Crippen molar-refractivity contribution in [2.24, 2.45) is 0 Å². The molecule has 2 aromatic carbocycles. The number of ether oxygens (including phenoxy) is 2. The normalized spacial score (nSPS) is 24.7. The first-order valence-electron chi connectivity index (χ1n) is 9.55. The van der Waals surface area contributed by atoms with Gasteiger partial charge in [0.25, 0.3) is 0 Å². The van der Waals surface area contributed by atoms with Crippen LogP contribution in [0.4, 0.5) is 10.1 Å². The standard InChI is InChI=1S/C21H23FN2O3/c22-15-4-5-16-14(12-15)13-18(20(16)25)24-8-6-23(7-9-24)17-2-1-3-19-21(17)27-11-10-26-19/h1-5,12,18,20,25H,6-11,13H2/t18-,20+/m0/s1. The first-order chi connectivity index (χ1) is 13.2. The second-order valence-corrected chi connectivity index (χ2v) is 7.38. The number of halogens is 1. The molecule has 6 heteroatoms. The first-order valence-corrected chi connectivity index (χ1v) is 9.55. The third kappa shape index (κ3) is 2.93. The number of aliphatic hydroxyl groups is 1. The predicted octanol–water partition coefficient (Wildman–Crippen LogP) is 2.38. The van der Waals surface area contributed by atoms with E-state index < -0.39 is 6.10 Å². The minimum atomic E-state index is -0.548. The number of piperazine rings is 1. The van der Waals surface area contributed by atoms with E-state index in [9.17, 15) is 9.50 Å². The number of hydrogen-bond donors (Lipinski definition) is 1. The molecule has 2 heterocycles. The summed E-state index contributed by atoms with van der Waals surface area (Å²) in [5.41, 5.74) is 2.87. The largest absolute Gasteiger partial charge is 0.486 e. The Morgan fingerprint density at radius 1 is 1.00 bits per heavy atom. The third-order valence-corrected chi connectivity index (χ3v) is 5.89. The lowest BCUT2D eigenvalue weighted by Gasteiger charge is -2.40. The van der Waals surface area contributed by atoms with Crippen molar-refractivity contribution in [3.8, 4) is 11.5 Å². The molecule has 5 nitrogen and oxygen atoms in total. The quantitative estimate of drug-likeness (QED) is 0.880. The number of para-hydroxylation sites is 1. The summed E-state index contributed by atoms with van der Waals surface area (Å²) in [5.74, 6) is 1.41. The van der Waals surface area contributed by atoms with Gasteiger partial charge in [-0.15, -0.1) is 0 Å². The maximum atomic E-state index is 13.5. The van der Waals surface area contributed by atoms with Crippen LogP contribution in [-0.2, 0) is 6.42 Å². The van der Waals surface area contributed by atoms with E-state index in [1.807, 2.05) is 12.1 Å². The third-order valence-electron chi connectivity index (χ3n) is 5.89. The van der Waals surface area contributed by atoms with Crippen molar-refractivity contribution in [1.29, 1.82) is 0 Å². The van der Waals surface area contributed by atoms with Crippen LogP contribution in [0.2, 0.25) is 0 Å². The second-order valence-electron chi connectivity index (χ2n) is 7.38. The average molecular weight is 370 g/mol. The number of nitrogens with zero attached hydrogens (tertiary/aromatic N) is 2. The molecule has 0 unspecified atom stereocenters. The molecule has 1 N–H and O–H groups in total. The highest BCUT2D eigenvalue weighted by atomic mass is 19.1. The van der Waals surface area contributed by atoms with E-state index in [2.05, 4.69) is 15.9 Å².